The Balaban J connectivity index is 1.50. The quantitative estimate of drug-likeness (QED) is 0.407. The summed E-state index contributed by atoms with van der Waals surface area (Å²) in [6.07, 6.45) is 2.73. The number of likely N-dealkylation sites (N-methyl/N-ethyl adjacent to an activating group) is 1. The number of aromatic amines is 1. The predicted octanol–water partition coefficient (Wildman–Crippen LogP) is 3.72. The van der Waals surface area contributed by atoms with E-state index in [-0.39, 0.29) is 17.8 Å². The van der Waals surface area contributed by atoms with Crippen molar-refractivity contribution >= 4 is 27.3 Å². The van der Waals surface area contributed by atoms with Crippen LogP contribution in [0.1, 0.15) is 53.0 Å². The first kappa shape index (κ1) is 29.0. The van der Waals surface area contributed by atoms with Gasteiger partial charge in [0, 0.05) is 67.7 Å². The van der Waals surface area contributed by atoms with Crippen LogP contribution in [0, 0.1) is 13.8 Å². The monoisotopic (exact) mass is 577 g/mol. The second kappa shape index (κ2) is 11.4. The number of H-pyrrole nitrogens is 1. The molecule has 0 spiro atoms. The van der Waals surface area contributed by atoms with Crippen LogP contribution in [0.3, 0.4) is 0 Å². The highest BCUT2D eigenvalue weighted by atomic mass is 32.2. The van der Waals surface area contributed by atoms with Crippen LogP contribution in [0.25, 0.3) is 11.1 Å². The molecule has 0 atom stereocenters. The first-order chi connectivity index (χ1) is 19.5. The summed E-state index contributed by atoms with van der Waals surface area (Å²) in [6, 6.07) is 9.63. The number of carbonyl (C=O) groups is 1. The minimum absolute atomic E-state index is 0.103. The summed E-state index contributed by atoms with van der Waals surface area (Å²) in [5, 5.41) is -0.586. The summed E-state index contributed by atoms with van der Waals surface area (Å²) in [5.74, 6) is 0.801. The number of hydrogen-bond donors (Lipinski definition) is 1. The van der Waals surface area contributed by atoms with E-state index in [0.29, 0.717) is 36.2 Å². The number of piperazine rings is 1. The van der Waals surface area contributed by atoms with Gasteiger partial charge in [0.15, 0.2) is 5.78 Å². The number of Topliss-reactive ketones (excluding diaryl/α,β-unsaturated/α-hetero) is 1. The number of carbonyl (C=O) groups excluding carboxylic acids is 1. The molecule has 0 saturated carbocycles. The van der Waals surface area contributed by atoms with Gasteiger partial charge in [-0.25, -0.2) is 13.4 Å². The van der Waals surface area contributed by atoms with Crippen LogP contribution in [-0.4, -0.2) is 74.1 Å². The number of sulfonamides is 1. The average molecular weight is 578 g/mol. The Morgan fingerprint density at radius 2 is 1.76 bits per heavy atom. The molecule has 2 aliphatic rings. The van der Waals surface area contributed by atoms with Crippen molar-refractivity contribution in [2.45, 2.75) is 52.2 Å². The van der Waals surface area contributed by atoms with Crippen LogP contribution >= 0.6 is 0 Å². The van der Waals surface area contributed by atoms with Crippen molar-refractivity contribution in [2.24, 2.45) is 0 Å². The highest BCUT2D eigenvalue weighted by molar-refractivity contribution is 7.93. The number of nitrogens with one attached hydrogen (secondary N) is 1. The van der Waals surface area contributed by atoms with Gasteiger partial charge in [0.1, 0.15) is 5.82 Å². The van der Waals surface area contributed by atoms with Crippen molar-refractivity contribution in [3.05, 3.63) is 74.8 Å². The van der Waals surface area contributed by atoms with Crippen LogP contribution in [0.5, 0.6) is 0 Å². The normalized spacial score (nSPS) is 16.0. The molecule has 9 nitrogen and oxygen atoms in total. The third kappa shape index (κ3) is 5.81. The van der Waals surface area contributed by atoms with E-state index in [1.807, 2.05) is 44.2 Å². The topological polar surface area (TPSA) is 107 Å². The van der Waals surface area contributed by atoms with Gasteiger partial charge in [-0.15, -0.1) is 0 Å². The van der Waals surface area contributed by atoms with Crippen LogP contribution in [0.4, 0.5) is 11.5 Å². The molecule has 4 heterocycles. The number of benzene rings is 1. The smallest absolute Gasteiger partial charge is 0.251 e. The zero-order valence-corrected chi connectivity index (χ0v) is 25.3. The molecular formula is C31H39N5O4S. The van der Waals surface area contributed by atoms with E-state index < -0.39 is 15.3 Å². The zero-order valence-electron chi connectivity index (χ0n) is 24.5. The van der Waals surface area contributed by atoms with Crippen molar-refractivity contribution in [1.82, 2.24) is 14.9 Å². The van der Waals surface area contributed by atoms with Gasteiger partial charge >= 0.3 is 0 Å². The maximum absolute atomic E-state index is 13.7. The largest absolute Gasteiger partial charge is 0.354 e. The molecular weight excluding hydrogens is 538 g/mol. The van der Waals surface area contributed by atoms with Crippen molar-refractivity contribution in [3.8, 4) is 11.1 Å². The molecule has 1 N–H and O–H groups in total. The minimum atomic E-state index is -3.58. The Morgan fingerprint density at radius 3 is 2.39 bits per heavy atom. The van der Waals surface area contributed by atoms with Crippen molar-refractivity contribution in [3.63, 3.8) is 0 Å². The Kier molecular flexibility index (Phi) is 8.07. The lowest BCUT2D eigenvalue weighted by Crippen LogP contribution is -2.44. The van der Waals surface area contributed by atoms with Gasteiger partial charge in [0.2, 0.25) is 10.0 Å². The zero-order chi connectivity index (χ0) is 29.5. The third-order valence-electron chi connectivity index (χ3n) is 8.27. The number of hydrogen-bond acceptors (Lipinski definition) is 7. The van der Waals surface area contributed by atoms with Crippen LogP contribution in [0.2, 0.25) is 0 Å². The van der Waals surface area contributed by atoms with E-state index in [4.69, 9.17) is 4.98 Å². The van der Waals surface area contributed by atoms with Crippen molar-refractivity contribution in [1.29, 1.82) is 0 Å². The summed E-state index contributed by atoms with van der Waals surface area (Å²) in [4.78, 5) is 38.4. The molecule has 0 amide bonds. The molecule has 0 unspecified atom stereocenters. The number of aryl methyl sites for hydroxylation is 2. The fraction of sp³-hybridized carbons (Fsp3) is 0.452. The highest BCUT2D eigenvalue weighted by Crippen LogP contribution is 2.39. The van der Waals surface area contributed by atoms with E-state index >= 15 is 0 Å². The molecule has 2 aromatic heterocycles. The summed E-state index contributed by atoms with van der Waals surface area (Å²) < 4.78 is 28.0. The first-order valence-corrected chi connectivity index (χ1v) is 15.8. The molecule has 1 aromatic carbocycles. The van der Waals surface area contributed by atoms with Crippen LogP contribution in [0.15, 0.2) is 41.3 Å². The number of rotatable bonds is 8. The summed E-state index contributed by atoms with van der Waals surface area (Å²) in [6.45, 7) is 11.1. The van der Waals surface area contributed by atoms with Crippen LogP contribution in [-0.2, 0) is 22.9 Å². The van der Waals surface area contributed by atoms with Gasteiger partial charge in [-0.2, -0.15) is 0 Å². The molecule has 0 aliphatic carbocycles. The minimum Gasteiger partial charge on any atom is -0.354 e. The number of nitrogens with zero attached hydrogens (tertiary/aromatic N) is 4. The molecule has 5 rings (SSSR count). The summed E-state index contributed by atoms with van der Waals surface area (Å²) >= 11 is 0. The molecule has 1 fully saturated rings. The number of pyridine rings is 2. The average Bonchev–Trinajstić information content (AvgIpc) is 3.37. The van der Waals surface area contributed by atoms with Crippen molar-refractivity contribution < 1.29 is 13.2 Å². The fourth-order valence-electron chi connectivity index (χ4n) is 5.75. The summed E-state index contributed by atoms with van der Waals surface area (Å²) in [5.41, 5.74) is 5.47. The van der Waals surface area contributed by atoms with Crippen molar-refractivity contribution in [2.75, 3.05) is 49.0 Å². The molecule has 10 heteroatoms. The molecule has 0 radical (unpaired) electrons. The number of ketones is 1. The molecule has 3 aromatic rings. The number of anilines is 2. The number of aromatic nitrogens is 2. The van der Waals surface area contributed by atoms with Gasteiger partial charge in [0.05, 0.1) is 10.9 Å². The predicted molar refractivity (Wildman–Crippen MR) is 164 cm³/mol. The van der Waals surface area contributed by atoms with Gasteiger partial charge in [-0.05, 0) is 94.6 Å². The summed E-state index contributed by atoms with van der Waals surface area (Å²) in [7, 11) is -1.46. The lowest BCUT2D eigenvalue weighted by molar-refractivity contribution is 0.0982. The van der Waals surface area contributed by atoms with Crippen LogP contribution < -0.4 is 14.8 Å². The maximum Gasteiger partial charge on any atom is 0.251 e. The van der Waals surface area contributed by atoms with E-state index in [9.17, 15) is 18.0 Å². The lowest BCUT2D eigenvalue weighted by Gasteiger charge is -2.33. The second-order valence-corrected chi connectivity index (χ2v) is 13.9. The highest BCUT2D eigenvalue weighted by Gasteiger charge is 2.34. The van der Waals surface area contributed by atoms with E-state index in [1.54, 1.807) is 20.0 Å². The molecule has 218 valence electrons. The molecule has 0 bridgehead atoms. The van der Waals surface area contributed by atoms with Gasteiger partial charge in [0.25, 0.3) is 5.56 Å². The molecule has 41 heavy (non-hydrogen) atoms. The lowest BCUT2D eigenvalue weighted by atomic mass is 9.93. The first-order valence-electron chi connectivity index (χ1n) is 14.3. The Bertz CT molecular complexity index is 1620. The van der Waals surface area contributed by atoms with Gasteiger partial charge < -0.3 is 14.8 Å². The van der Waals surface area contributed by atoms with E-state index in [0.717, 1.165) is 59.9 Å². The second-order valence-electron chi connectivity index (χ2n) is 11.5. The molecule has 1 saturated heterocycles. The van der Waals surface area contributed by atoms with E-state index in [2.05, 4.69) is 21.8 Å². The fourth-order valence-corrected chi connectivity index (χ4v) is 7.05. The standard InChI is InChI=1S/C31H39N5O4S/c1-20(2)41(39,40)36-11-10-26-27(29(37)8-7-25-21(3)16-22(4)33-31(25)38)17-24(18-28(26)36)23-6-9-30(32-19-23)35-14-12-34(5)13-15-35/h6,9,16-20H,7-8,10-15H2,1-5H3,(H,33,38). The maximum atomic E-state index is 13.7. The van der Waals surface area contributed by atoms with Gasteiger partial charge in [-0.1, -0.05) is 0 Å². The number of fused-ring (bicyclic) bond motifs is 1. The molecule has 2 aliphatic heterocycles. The van der Waals surface area contributed by atoms with Gasteiger partial charge in [-0.3, -0.25) is 13.9 Å². The Hall–Kier alpha value is -3.50. The Labute approximate surface area is 242 Å². The SMILES string of the molecule is Cc1cc(C)c(CCC(=O)c2cc(-c3ccc(N4CCN(C)CC4)nc3)cc3c2CCN3S(=O)(=O)C(C)C)c(=O)[nH]1. The van der Waals surface area contributed by atoms with E-state index in [1.165, 1.54) is 4.31 Å². The third-order valence-corrected chi connectivity index (χ3v) is 10.5. The Morgan fingerprint density at radius 1 is 1.02 bits per heavy atom.